The van der Waals surface area contributed by atoms with Gasteiger partial charge in [-0.2, -0.15) is 0 Å². The molecule has 6 nitrogen and oxygen atoms in total. The maximum atomic E-state index is 12.4. The average Bonchev–Trinajstić information content (AvgIpc) is 2.41. The second-order valence-corrected chi connectivity index (χ2v) is 5.50. The number of piperidine rings is 1. The molecule has 0 aromatic heterocycles. The molecule has 0 aromatic carbocycles. The Hall–Kier alpha value is -1.14. The smallest absolute Gasteiger partial charge is 0.242 e. The molecule has 2 fully saturated rings. The Bertz CT molecular complexity index is 346. The first kappa shape index (κ1) is 14.3. The van der Waals surface area contributed by atoms with Gasteiger partial charge in [-0.1, -0.05) is 0 Å². The van der Waals surface area contributed by atoms with Gasteiger partial charge in [0.05, 0.1) is 13.1 Å². The van der Waals surface area contributed by atoms with Gasteiger partial charge in [0.15, 0.2) is 0 Å². The van der Waals surface area contributed by atoms with E-state index in [-0.39, 0.29) is 30.4 Å². The van der Waals surface area contributed by atoms with E-state index < -0.39 is 0 Å². The first-order valence-corrected chi connectivity index (χ1v) is 7.13. The highest BCUT2D eigenvalue weighted by atomic mass is 16.2. The molecule has 0 saturated carbocycles. The van der Waals surface area contributed by atoms with Crippen LogP contribution in [0.25, 0.3) is 0 Å². The van der Waals surface area contributed by atoms with Crippen molar-refractivity contribution < 1.29 is 9.59 Å². The summed E-state index contributed by atoms with van der Waals surface area (Å²) in [5, 5.41) is 3.01. The summed E-state index contributed by atoms with van der Waals surface area (Å²) in [5.41, 5.74) is 5.97. The molecule has 2 saturated heterocycles. The summed E-state index contributed by atoms with van der Waals surface area (Å²) in [6.07, 6.45) is 3.13. The van der Waals surface area contributed by atoms with E-state index in [9.17, 15) is 9.59 Å². The summed E-state index contributed by atoms with van der Waals surface area (Å²) < 4.78 is 0. The number of carbonyl (C=O) groups is 2. The molecule has 2 heterocycles. The molecule has 0 bridgehead atoms. The quantitative estimate of drug-likeness (QED) is 0.698. The minimum absolute atomic E-state index is 0.00829. The average molecular weight is 268 g/mol. The van der Waals surface area contributed by atoms with E-state index in [1.165, 1.54) is 0 Å². The minimum Gasteiger partial charge on any atom is -0.337 e. The Kier molecular flexibility index (Phi) is 4.76. The van der Waals surface area contributed by atoms with Crippen molar-refractivity contribution in [2.75, 3.05) is 32.7 Å². The first-order valence-electron chi connectivity index (χ1n) is 7.13. The van der Waals surface area contributed by atoms with E-state index in [1.54, 1.807) is 4.90 Å². The van der Waals surface area contributed by atoms with E-state index in [2.05, 4.69) is 5.32 Å². The zero-order valence-electron chi connectivity index (χ0n) is 11.6. The third kappa shape index (κ3) is 3.45. The van der Waals surface area contributed by atoms with Gasteiger partial charge >= 0.3 is 0 Å². The van der Waals surface area contributed by atoms with Gasteiger partial charge < -0.3 is 20.9 Å². The van der Waals surface area contributed by atoms with Gasteiger partial charge in [0.2, 0.25) is 11.8 Å². The molecule has 2 rings (SSSR count). The SMILES string of the molecule is C[C@@H](N)[C@@H]1CCCCN1C(=O)CN1CCNCC1=O. The van der Waals surface area contributed by atoms with Crippen molar-refractivity contribution in [2.24, 2.45) is 5.73 Å². The third-order valence-electron chi connectivity index (χ3n) is 3.99. The number of likely N-dealkylation sites (tertiary alicyclic amines) is 1. The normalized spacial score (nSPS) is 26.4. The van der Waals surface area contributed by atoms with Crippen LogP contribution in [0, 0.1) is 0 Å². The van der Waals surface area contributed by atoms with E-state index in [0.29, 0.717) is 13.1 Å². The van der Waals surface area contributed by atoms with E-state index in [0.717, 1.165) is 32.4 Å². The van der Waals surface area contributed by atoms with Crippen LogP contribution in [0.4, 0.5) is 0 Å². The van der Waals surface area contributed by atoms with Crippen LogP contribution in [0.5, 0.6) is 0 Å². The molecule has 0 spiro atoms. The van der Waals surface area contributed by atoms with Gasteiger partial charge in [0.1, 0.15) is 0 Å². The highest BCUT2D eigenvalue weighted by Gasteiger charge is 2.31. The van der Waals surface area contributed by atoms with E-state index in [1.807, 2.05) is 11.8 Å². The molecular formula is C13H24N4O2. The lowest BCUT2D eigenvalue weighted by Crippen LogP contribution is -2.56. The zero-order valence-corrected chi connectivity index (χ0v) is 11.6. The Morgan fingerprint density at radius 2 is 2.26 bits per heavy atom. The summed E-state index contributed by atoms with van der Waals surface area (Å²) in [6, 6.07) is 0.113. The molecule has 3 N–H and O–H groups in total. The van der Waals surface area contributed by atoms with Crippen molar-refractivity contribution in [2.45, 2.75) is 38.3 Å². The number of hydrogen-bond acceptors (Lipinski definition) is 4. The van der Waals surface area contributed by atoms with Crippen LogP contribution in [0.15, 0.2) is 0 Å². The lowest BCUT2D eigenvalue weighted by molar-refractivity contribution is -0.143. The molecule has 0 radical (unpaired) electrons. The Labute approximate surface area is 114 Å². The highest BCUT2D eigenvalue weighted by Crippen LogP contribution is 2.19. The predicted octanol–water partition coefficient (Wildman–Crippen LogP) is -0.853. The highest BCUT2D eigenvalue weighted by molar-refractivity contribution is 5.86. The van der Waals surface area contributed by atoms with Crippen molar-refractivity contribution in [3.05, 3.63) is 0 Å². The van der Waals surface area contributed by atoms with Gasteiger partial charge in [0.25, 0.3) is 0 Å². The summed E-state index contributed by atoms with van der Waals surface area (Å²) in [4.78, 5) is 27.6. The number of rotatable bonds is 3. The van der Waals surface area contributed by atoms with Crippen molar-refractivity contribution >= 4 is 11.8 Å². The van der Waals surface area contributed by atoms with E-state index in [4.69, 9.17) is 5.73 Å². The monoisotopic (exact) mass is 268 g/mol. The minimum atomic E-state index is -0.0111. The summed E-state index contributed by atoms with van der Waals surface area (Å²) in [5.74, 6) is 0.0474. The lowest BCUT2D eigenvalue weighted by atomic mass is 9.97. The summed E-state index contributed by atoms with van der Waals surface area (Å²) in [6.45, 7) is 4.63. The van der Waals surface area contributed by atoms with Crippen LogP contribution >= 0.6 is 0 Å². The number of nitrogens with two attached hydrogens (primary N) is 1. The third-order valence-corrected chi connectivity index (χ3v) is 3.99. The van der Waals surface area contributed by atoms with Crippen molar-refractivity contribution in [1.29, 1.82) is 0 Å². The molecule has 2 atom stereocenters. The topological polar surface area (TPSA) is 78.7 Å². The first-order chi connectivity index (χ1) is 9.09. The lowest BCUT2D eigenvalue weighted by Gasteiger charge is -2.39. The molecule has 2 amide bonds. The zero-order chi connectivity index (χ0) is 13.8. The second kappa shape index (κ2) is 6.34. The van der Waals surface area contributed by atoms with Crippen LogP contribution < -0.4 is 11.1 Å². The summed E-state index contributed by atoms with van der Waals surface area (Å²) >= 11 is 0. The van der Waals surface area contributed by atoms with Gasteiger partial charge in [-0.3, -0.25) is 9.59 Å². The van der Waals surface area contributed by atoms with Crippen LogP contribution in [0.2, 0.25) is 0 Å². The number of carbonyl (C=O) groups excluding carboxylic acids is 2. The number of hydrogen-bond donors (Lipinski definition) is 2. The largest absolute Gasteiger partial charge is 0.337 e. The number of nitrogens with one attached hydrogen (secondary N) is 1. The van der Waals surface area contributed by atoms with Gasteiger partial charge in [-0.25, -0.2) is 0 Å². The van der Waals surface area contributed by atoms with E-state index >= 15 is 0 Å². The van der Waals surface area contributed by atoms with Gasteiger partial charge in [-0.05, 0) is 26.2 Å². The Morgan fingerprint density at radius 3 is 2.95 bits per heavy atom. The van der Waals surface area contributed by atoms with Gasteiger partial charge in [-0.15, -0.1) is 0 Å². The molecule has 6 heteroatoms. The fourth-order valence-corrected chi connectivity index (χ4v) is 2.88. The molecule has 0 aliphatic carbocycles. The molecule has 2 aliphatic heterocycles. The Balaban J connectivity index is 1.95. The molecule has 0 unspecified atom stereocenters. The van der Waals surface area contributed by atoms with Crippen molar-refractivity contribution in [3.8, 4) is 0 Å². The Morgan fingerprint density at radius 1 is 1.47 bits per heavy atom. The van der Waals surface area contributed by atoms with Crippen LogP contribution in [0.3, 0.4) is 0 Å². The maximum absolute atomic E-state index is 12.4. The maximum Gasteiger partial charge on any atom is 0.242 e. The van der Waals surface area contributed by atoms with Crippen molar-refractivity contribution in [3.63, 3.8) is 0 Å². The fourth-order valence-electron chi connectivity index (χ4n) is 2.88. The summed E-state index contributed by atoms with van der Waals surface area (Å²) in [7, 11) is 0. The number of nitrogens with zero attached hydrogens (tertiary/aromatic N) is 2. The number of amides is 2. The van der Waals surface area contributed by atoms with Crippen LogP contribution in [-0.2, 0) is 9.59 Å². The molecule has 108 valence electrons. The van der Waals surface area contributed by atoms with Crippen LogP contribution in [0.1, 0.15) is 26.2 Å². The van der Waals surface area contributed by atoms with Crippen molar-refractivity contribution in [1.82, 2.24) is 15.1 Å². The fraction of sp³-hybridized carbons (Fsp3) is 0.846. The molecule has 0 aromatic rings. The molecule has 2 aliphatic rings. The second-order valence-electron chi connectivity index (χ2n) is 5.50. The standard InChI is InChI=1S/C13H24N4O2/c1-10(14)11-4-2-3-6-17(11)13(19)9-16-7-5-15-8-12(16)18/h10-11,15H,2-9,14H2,1H3/t10-,11+/m1/s1. The predicted molar refractivity (Wildman–Crippen MR) is 72.5 cm³/mol. The van der Waals surface area contributed by atoms with Gasteiger partial charge in [0, 0.05) is 31.7 Å². The number of piperazine rings is 1. The molecular weight excluding hydrogens is 244 g/mol. The van der Waals surface area contributed by atoms with Crippen LogP contribution in [-0.4, -0.2) is 66.4 Å². The molecule has 19 heavy (non-hydrogen) atoms.